The zero-order valence-electron chi connectivity index (χ0n) is 12.3. The summed E-state index contributed by atoms with van der Waals surface area (Å²) in [6.45, 7) is 3.37. The first-order valence-electron chi connectivity index (χ1n) is 7.32. The second-order valence-electron chi connectivity index (χ2n) is 5.15. The Labute approximate surface area is 131 Å². The number of fused-ring (bicyclic) bond motifs is 1. The molecule has 0 bridgehead atoms. The number of rotatable bonds is 3. The fourth-order valence-electron chi connectivity index (χ4n) is 2.52. The van der Waals surface area contributed by atoms with Crippen molar-refractivity contribution in [1.29, 1.82) is 0 Å². The zero-order chi connectivity index (χ0) is 15.5. The van der Waals surface area contributed by atoms with Gasteiger partial charge in [-0.1, -0.05) is 0 Å². The monoisotopic (exact) mass is 322 g/mol. The second-order valence-corrected chi connectivity index (χ2v) is 6.03. The number of carbonyl (C=O) groups is 2. The fourth-order valence-corrected chi connectivity index (χ4v) is 3.22. The van der Waals surface area contributed by atoms with Crippen LogP contribution in [-0.4, -0.2) is 52.0 Å². The summed E-state index contributed by atoms with van der Waals surface area (Å²) in [4.78, 5) is 30.6. The normalized spacial score (nSPS) is 16.0. The topological polar surface area (TPSA) is 75.9 Å². The molecule has 1 N–H and O–H groups in total. The molecule has 8 heteroatoms. The van der Waals surface area contributed by atoms with Gasteiger partial charge in [0.15, 0.2) is 4.96 Å². The Bertz CT molecular complexity index is 644. The summed E-state index contributed by atoms with van der Waals surface area (Å²) in [6, 6.07) is 0.0675. The van der Waals surface area contributed by atoms with Crippen LogP contribution in [0.15, 0.2) is 17.8 Å². The van der Waals surface area contributed by atoms with E-state index in [1.807, 2.05) is 16.0 Å². The van der Waals surface area contributed by atoms with Crippen molar-refractivity contribution < 1.29 is 14.3 Å². The average molecular weight is 322 g/mol. The lowest BCUT2D eigenvalue weighted by Gasteiger charge is -2.31. The molecule has 0 atom stereocenters. The van der Waals surface area contributed by atoms with Crippen molar-refractivity contribution in [2.24, 2.45) is 0 Å². The molecule has 0 saturated carbocycles. The van der Waals surface area contributed by atoms with Crippen molar-refractivity contribution in [1.82, 2.24) is 19.6 Å². The van der Waals surface area contributed by atoms with Crippen molar-refractivity contribution in [2.75, 3.05) is 19.7 Å². The Balaban J connectivity index is 1.53. The van der Waals surface area contributed by atoms with Gasteiger partial charge in [-0.25, -0.2) is 9.78 Å². The van der Waals surface area contributed by atoms with Gasteiger partial charge in [-0.15, -0.1) is 11.3 Å². The molecule has 0 aromatic carbocycles. The van der Waals surface area contributed by atoms with Crippen molar-refractivity contribution in [3.8, 4) is 0 Å². The third-order valence-corrected chi connectivity index (χ3v) is 4.45. The summed E-state index contributed by atoms with van der Waals surface area (Å²) >= 11 is 1.49. The molecule has 1 aliphatic rings. The largest absolute Gasteiger partial charge is 0.450 e. The van der Waals surface area contributed by atoms with Crippen LogP contribution in [0.3, 0.4) is 0 Å². The van der Waals surface area contributed by atoms with Crippen LogP contribution in [0.2, 0.25) is 0 Å². The SMILES string of the molecule is CCOC(=O)N1CCC(NC(=O)c2cn3ccsc3n2)CC1. The number of ether oxygens (including phenoxy) is 1. The molecule has 2 aromatic rings. The molecule has 0 spiro atoms. The van der Waals surface area contributed by atoms with Crippen LogP contribution in [0, 0.1) is 0 Å². The van der Waals surface area contributed by atoms with Gasteiger partial charge in [-0.3, -0.25) is 9.20 Å². The summed E-state index contributed by atoms with van der Waals surface area (Å²) in [5.74, 6) is -0.162. The highest BCUT2D eigenvalue weighted by Gasteiger charge is 2.25. The predicted molar refractivity (Wildman–Crippen MR) is 82.2 cm³/mol. The Morgan fingerprint density at radius 1 is 1.45 bits per heavy atom. The number of piperidine rings is 1. The molecule has 2 aromatic heterocycles. The van der Waals surface area contributed by atoms with E-state index in [0.29, 0.717) is 25.4 Å². The summed E-state index contributed by atoms with van der Waals surface area (Å²) in [7, 11) is 0. The molecular formula is C14H18N4O3S. The van der Waals surface area contributed by atoms with Crippen molar-refractivity contribution in [3.63, 3.8) is 0 Å². The molecule has 3 heterocycles. The van der Waals surface area contributed by atoms with E-state index in [1.54, 1.807) is 18.0 Å². The molecule has 22 heavy (non-hydrogen) atoms. The Morgan fingerprint density at radius 2 is 2.23 bits per heavy atom. The van der Waals surface area contributed by atoms with Crippen LogP contribution in [-0.2, 0) is 4.74 Å². The molecule has 0 radical (unpaired) electrons. The summed E-state index contributed by atoms with van der Waals surface area (Å²) in [5, 5.41) is 4.91. The summed E-state index contributed by atoms with van der Waals surface area (Å²) in [5.41, 5.74) is 0.430. The highest BCUT2D eigenvalue weighted by Crippen LogP contribution is 2.14. The highest BCUT2D eigenvalue weighted by atomic mass is 32.1. The lowest BCUT2D eigenvalue weighted by Crippen LogP contribution is -2.46. The number of carbonyl (C=O) groups excluding carboxylic acids is 2. The molecular weight excluding hydrogens is 304 g/mol. The van der Waals surface area contributed by atoms with E-state index in [2.05, 4.69) is 10.3 Å². The molecule has 7 nitrogen and oxygen atoms in total. The van der Waals surface area contributed by atoms with Crippen LogP contribution >= 0.6 is 11.3 Å². The number of likely N-dealkylation sites (tertiary alicyclic amines) is 1. The van der Waals surface area contributed by atoms with E-state index >= 15 is 0 Å². The second kappa shape index (κ2) is 6.35. The number of nitrogens with zero attached hydrogens (tertiary/aromatic N) is 3. The number of hydrogen-bond donors (Lipinski definition) is 1. The van der Waals surface area contributed by atoms with E-state index in [1.165, 1.54) is 11.3 Å². The predicted octanol–water partition coefficient (Wildman–Crippen LogP) is 1.75. The van der Waals surface area contributed by atoms with Crippen LogP contribution in [0.4, 0.5) is 4.79 Å². The van der Waals surface area contributed by atoms with Crippen LogP contribution < -0.4 is 5.32 Å². The third-order valence-electron chi connectivity index (χ3n) is 3.68. The van der Waals surface area contributed by atoms with E-state index in [-0.39, 0.29) is 18.0 Å². The minimum atomic E-state index is -0.276. The Hall–Kier alpha value is -2.09. The number of thiazole rings is 1. The fraction of sp³-hybridized carbons (Fsp3) is 0.500. The molecule has 118 valence electrons. The number of amides is 2. The van der Waals surface area contributed by atoms with Gasteiger partial charge in [0.05, 0.1) is 6.61 Å². The summed E-state index contributed by atoms with van der Waals surface area (Å²) < 4.78 is 6.82. The van der Waals surface area contributed by atoms with E-state index < -0.39 is 0 Å². The molecule has 1 fully saturated rings. The van der Waals surface area contributed by atoms with Gasteiger partial charge in [0, 0.05) is 36.9 Å². The van der Waals surface area contributed by atoms with Crippen molar-refractivity contribution >= 4 is 28.3 Å². The molecule has 1 saturated heterocycles. The minimum Gasteiger partial charge on any atom is -0.450 e. The Kier molecular flexibility index (Phi) is 4.28. The molecule has 0 unspecified atom stereocenters. The number of imidazole rings is 1. The lowest BCUT2D eigenvalue weighted by molar-refractivity contribution is 0.0857. The van der Waals surface area contributed by atoms with Crippen LogP contribution in [0.1, 0.15) is 30.3 Å². The first-order valence-corrected chi connectivity index (χ1v) is 8.20. The quantitative estimate of drug-likeness (QED) is 0.934. The molecule has 3 rings (SSSR count). The van der Waals surface area contributed by atoms with E-state index in [4.69, 9.17) is 4.74 Å². The maximum atomic E-state index is 12.2. The van der Waals surface area contributed by atoms with Crippen molar-refractivity contribution in [2.45, 2.75) is 25.8 Å². The number of nitrogens with one attached hydrogen (secondary N) is 1. The van der Waals surface area contributed by atoms with Gasteiger partial charge in [-0.2, -0.15) is 0 Å². The van der Waals surface area contributed by atoms with Gasteiger partial charge in [0.2, 0.25) is 0 Å². The first kappa shape index (κ1) is 14.8. The number of hydrogen-bond acceptors (Lipinski definition) is 5. The molecule has 0 aliphatic carbocycles. The Morgan fingerprint density at radius 3 is 2.91 bits per heavy atom. The maximum Gasteiger partial charge on any atom is 0.409 e. The smallest absolute Gasteiger partial charge is 0.409 e. The van der Waals surface area contributed by atoms with Crippen molar-refractivity contribution in [3.05, 3.63) is 23.5 Å². The van der Waals surface area contributed by atoms with Gasteiger partial charge in [-0.05, 0) is 19.8 Å². The average Bonchev–Trinajstić information content (AvgIpc) is 3.09. The van der Waals surface area contributed by atoms with Crippen LogP contribution in [0.25, 0.3) is 4.96 Å². The van der Waals surface area contributed by atoms with Crippen LogP contribution in [0.5, 0.6) is 0 Å². The van der Waals surface area contributed by atoms with E-state index in [9.17, 15) is 9.59 Å². The number of aromatic nitrogens is 2. The maximum absolute atomic E-state index is 12.2. The molecule has 1 aliphatic heterocycles. The van der Waals surface area contributed by atoms with E-state index in [0.717, 1.165) is 17.8 Å². The van der Waals surface area contributed by atoms with Gasteiger partial charge >= 0.3 is 6.09 Å². The van der Waals surface area contributed by atoms with Gasteiger partial charge in [0.1, 0.15) is 5.69 Å². The highest BCUT2D eigenvalue weighted by molar-refractivity contribution is 7.15. The minimum absolute atomic E-state index is 0.0675. The van der Waals surface area contributed by atoms with Gasteiger partial charge < -0.3 is 15.0 Å². The van der Waals surface area contributed by atoms with Gasteiger partial charge in [0.25, 0.3) is 5.91 Å². The zero-order valence-corrected chi connectivity index (χ0v) is 13.1. The first-order chi connectivity index (χ1) is 10.7. The third kappa shape index (κ3) is 3.06. The lowest BCUT2D eigenvalue weighted by atomic mass is 10.1. The summed E-state index contributed by atoms with van der Waals surface area (Å²) in [6.07, 6.45) is 4.79. The molecule has 2 amide bonds. The standard InChI is InChI=1S/C14H18N4O3S/c1-2-21-14(20)17-5-3-10(4-6-17)15-12(19)11-9-18-7-8-22-13(18)16-11/h7-10H,2-6H2,1H3,(H,15,19).